The smallest absolute Gasteiger partial charge is 0.313 e. The molecular formula is C19H16N4O5S. The number of amides is 1. The van der Waals surface area contributed by atoms with Crippen LogP contribution in [0.5, 0.6) is 0 Å². The Kier molecular flexibility index (Phi) is 6.03. The number of carboxylic acids is 1. The van der Waals surface area contributed by atoms with E-state index < -0.39 is 10.9 Å². The Balaban J connectivity index is 1.87. The molecule has 2 aromatic carbocycles. The molecule has 29 heavy (non-hydrogen) atoms. The van der Waals surface area contributed by atoms with Crippen LogP contribution >= 0.6 is 11.8 Å². The van der Waals surface area contributed by atoms with Crippen molar-refractivity contribution in [3.05, 3.63) is 58.1 Å². The average Bonchev–Trinajstić information content (AvgIpc) is 3.15. The van der Waals surface area contributed by atoms with Crippen molar-refractivity contribution in [2.45, 2.75) is 13.3 Å². The third-order valence-corrected chi connectivity index (χ3v) is 4.91. The zero-order valence-corrected chi connectivity index (χ0v) is 16.1. The second kappa shape index (κ2) is 8.65. The lowest BCUT2D eigenvalue weighted by Gasteiger charge is -2.08. The number of carbonyl (C=O) groups is 2. The van der Waals surface area contributed by atoms with Crippen LogP contribution < -0.4 is 5.32 Å². The number of nitrogens with zero attached hydrogens (tertiary/aromatic N) is 3. The molecule has 0 atom stereocenters. The van der Waals surface area contributed by atoms with Crippen molar-refractivity contribution >= 4 is 45.8 Å². The van der Waals surface area contributed by atoms with Gasteiger partial charge >= 0.3 is 5.97 Å². The van der Waals surface area contributed by atoms with Crippen LogP contribution in [0.1, 0.15) is 18.9 Å². The first-order valence-corrected chi connectivity index (χ1v) is 9.46. The summed E-state index contributed by atoms with van der Waals surface area (Å²) in [5, 5.41) is 31.4. The molecule has 9 nitrogen and oxygen atoms in total. The maximum Gasteiger partial charge on any atom is 0.313 e. The van der Waals surface area contributed by atoms with Gasteiger partial charge in [-0.25, -0.2) is 0 Å². The van der Waals surface area contributed by atoms with Gasteiger partial charge in [0.2, 0.25) is 5.91 Å². The number of rotatable bonds is 6. The summed E-state index contributed by atoms with van der Waals surface area (Å²) in [6.07, 6.45) is 0.319. The number of nitrogens with one attached hydrogen (secondary N) is 1. The molecule has 0 fully saturated rings. The summed E-state index contributed by atoms with van der Waals surface area (Å²) < 4.78 is 0. The van der Waals surface area contributed by atoms with E-state index in [0.717, 1.165) is 17.3 Å². The first-order valence-electron chi connectivity index (χ1n) is 8.47. The number of aliphatic carboxylic acids is 1. The Morgan fingerprint density at radius 3 is 2.45 bits per heavy atom. The van der Waals surface area contributed by atoms with Crippen LogP contribution in [0, 0.1) is 10.1 Å². The molecule has 148 valence electrons. The topological polar surface area (TPSA) is 134 Å². The molecule has 0 saturated carbocycles. The van der Waals surface area contributed by atoms with Gasteiger partial charge < -0.3 is 10.4 Å². The highest BCUT2D eigenvalue weighted by Crippen LogP contribution is 2.29. The number of carbonyl (C=O) groups excluding carboxylic acids is 1. The molecule has 0 aliphatic carbocycles. The van der Waals surface area contributed by atoms with E-state index in [1.165, 1.54) is 19.1 Å². The molecule has 0 aromatic heterocycles. The molecule has 2 N–H and O–H groups in total. The molecule has 0 unspecified atom stereocenters. The molecule has 0 saturated heterocycles. The van der Waals surface area contributed by atoms with Crippen molar-refractivity contribution in [3.8, 4) is 11.1 Å². The quantitative estimate of drug-likeness (QED) is 0.550. The van der Waals surface area contributed by atoms with E-state index >= 15 is 0 Å². The SMILES string of the molecule is CC(=O)Nc1ccc(-c2cc(C3=NN=C(SCC(=O)O)C3)cc([N+](=O)[O-])c2)cc1. The van der Waals surface area contributed by atoms with Crippen LogP contribution in [-0.4, -0.2) is 38.4 Å². The Bertz CT molecular complexity index is 1050. The maximum absolute atomic E-state index is 11.4. The van der Waals surface area contributed by atoms with Crippen LogP contribution in [-0.2, 0) is 9.59 Å². The minimum absolute atomic E-state index is 0.0854. The molecular weight excluding hydrogens is 396 g/mol. The third kappa shape index (κ3) is 5.26. The summed E-state index contributed by atoms with van der Waals surface area (Å²) in [5.74, 6) is -1.26. The fourth-order valence-electron chi connectivity index (χ4n) is 2.71. The predicted molar refractivity (Wildman–Crippen MR) is 112 cm³/mol. The molecule has 2 aromatic rings. The molecule has 0 spiro atoms. The summed E-state index contributed by atoms with van der Waals surface area (Å²) in [5.41, 5.74) is 2.99. The zero-order chi connectivity index (χ0) is 21.0. The van der Waals surface area contributed by atoms with Crippen LogP contribution in [0.2, 0.25) is 0 Å². The monoisotopic (exact) mass is 412 g/mol. The Morgan fingerprint density at radius 1 is 1.14 bits per heavy atom. The van der Waals surface area contributed by atoms with Gasteiger partial charge in [-0.3, -0.25) is 19.7 Å². The summed E-state index contributed by atoms with van der Waals surface area (Å²) in [4.78, 5) is 32.8. The first-order chi connectivity index (χ1) is 13.8. The molecule has 1 aliphatic rings. The van der Waals surface area contributed by atoms with E-state index in [1.807, 2.05) is 0 Å². The van der Waals surface area contributed by atoms with Gasteiger partial charge in [-0.2, -0.15) is 5.10 Å². The normalized spacial score (nSPS) is 12.9. The van der Waals surface area contributed by atoms with E-state index in [0.29, 0.717) is 34.0 Å². The van der Waals surface area contributed by atoms with E-state index in [9.17, 15) is 19.7 Å². The largest absolute Gasteiger partial charge is 0.481 e. The summed E-state index contributed by atoms with van der Waals surface area (Å²) in [6, 6.07) is 11.6. The lowest BCUT2D eigenvalue weighted by Crippen LogP contribution is -2.06. The molecule has 0 bridgehead atoms. The number of nitro groups is 1. The fourth-order valence-corrected chi connectivity index (χ4v) is 3.34. The highest BCUT2D eigenvalue weighted by atomic mass is 32.2. The van der Waals surface area contributed by atoms with Gasteiger partial charge in [-0.1, -0.05) is 23.9 Å². The number of hydrogen-bond donors (Lipinski definition) is 2. The van der Waals surface area contributed by atoms with Crippen LogP contribution in [0.3, 0.4) is 0 Å². The summed E-state index contributed by atoms with van der Waals surface area (Å²) in [6.45, 7) is 1.41. The summed E-state index contributed by atoms with van der Waals surface area (Å²) >= 11 is 1.08. The van der Waals surface area contributed by atoms with Crippen molar-refractivity contribution in [3.63, 3.8) is 0 Å². The zero-order valence-electron chi connectivity index (χ0n) is 15.3. The second-order valence-corrected chi connectivity index (χ2v) is 7.23. The second-order valence-electron chi connectivity index (χ2n) is 6.18. The first kappa shape index (κ1) is 20.2. The molecule has 3 rings (SSSR count). The average molecular weight is 412 g/mol. The van der Waals surface area contributed by atoms with Gasteiger partial charge in [0.25, 0.3) is 5.69 Å². The fraction of sp³-hybridized carbons (Fsp3) is 0.158. The Labute approximate surface area is 169 Å². The van der Waals surface area contributed by atoms with Crippen molar-refractivity contribution in [2.24, 2.45) is 10.2 Å². The molecule has 0 radical (unpaired) electrons. The minimum Gasteiger partial charge on any atom is -0.481 e. The van der Waals surface area contributed by atoms with Crippen molar-refractivity contribution < 1.29 is 19.6 Å². The van der Waals surface area contributed by atoms with Crippen molar-refractivity contribution in [2.75, 3.05) is 11.1 Å². The lowest BCUT2D eigenvalue weighted by molar-refractivity contribution is -0.384. The van der Waals surface area contributed by atoms with Crippen LogP contribution in [0.25, 0.3) is 11.1 Å². The van der Waals surface area contributed by atoms with Gasteiger partial charge in [0.05, 0.1) is 16.4 Å². The number of benzene rings is 2. The molecule has 1 heterocycles. The highest BCUT2D eigenvalue weighted by molar-refractivity contribution is 8.14. The van der Waals surface area contributed by atoms with Gasteiger partial charge in [0, 0.05) is 36.7 Å². The third-order valence-electron chi connectivity index (χ3n) is 3.96. The van der Waals surface area contributed by atoms with E-state index in [1.54, 1.807) is 30.3 Å². The number of non-ortho nitro benzene ring substituents is 1. The minimum atomic E-state index is -0.952. The van der Waals surface area contributed by atoms with Crippen molar-refractivity contribution in [1.29, 1.82) is 0 Å². The molecule has 10 heteroatoms. The standard InChI is InChI=1S/C19H16N4O5S/c1-11(24)20-15-4-2-12(3-5-15)13-6-14(8-16(7-13)23(27)28)17-9-18(22-21-17)29-10-19(25)26/h2-8H,9-10H2,1H3,(H,20,24)(H,25,26). The van der Waals surface area contributed by atoms with E-state index in [4.69, 9.17) is 5.11 Å². The summed E-state index contributed by atoms with van der Waals surface area (Å²) in [7, 11) is 0. The number of thioether (sulfide) groups is 1. The van der Waals surface area contributed by atoms with Crippen LogP contribution in [0.4, 0.5) is 11.4 Å². The van der Waals surface area contributed by atoms with Crippen molar-refractivity contribution in [1.82, 2.24) is 0 Å². The van der Waals surface area contributed by atoms with Gasteiger partial charge in [-0.05, 0) is 29.3 Å². The lowest BCUT2D eigenvalue weighted by atomic mass is 9.99. The van der Waals surface area contributed by atoms with Crippen LogP contribution in [0.15, 0.2) is 52.7 Å². The maximum atomic E-state index is 11.4. The Hall–Kier alpha value is -3.53. The number of nitro benzene ring substituents is 1. The predicted octanol–water partition coefficient (Wildman–Crippen LogP) is 3.54. The number of carboxylic acid groups (broad SMARTS) is 1. The van der Waals surface area contributed by atoms with Gasteiger partial charge in [-0.15, -0.1) is 5.10 Å². The molecule has 1 amide bonds. The van der Waals surface area contributed by atoms with Gasteiger partial charge in [0.15, 0.2) is 0 Å². The van der Waals surface area contributed by atoms with E-state index in [2.05, 4.69) is 15.5 Å². The number of hydrogen-bond acceptors (Lipinski definition) is 7. The van der Waals surface area contributed by atoms with E-state index in [-0.39, 0.29) is 17.3 Å². The Morgan fingerprint density at radius 2 is 1.83 bits per heavy atom. The highest BCUT2D eigenvalue weighted by Gasteiger charge is 2.20. The molecule has 1 aliphatic heterocycles. The van der Waals surface area contributed by atoms with Gasteiger partial charge in [0.1, 0.15) is 5.04 Å². The number of anilines is 1.